The van der Waals surface area contributed by atoms with Crippen LogP contribution in [0.5, 0.6) is 0 Å². The van der Waals surface area contributed by atoms with Crippen molar-refractivity contribution in [2.24, 2.45) is 0 Å². The molecule has 0 aromatic heterocycles. The molecule has 15 heavy (non-hydrogen) atoms. The first-order valence-corrected chi connectivity index (χ1v) is 5.97. The highest BCUT2D eigenvalue weighted by molar-refractivity contribution is 5.21. The van der Waals surface area contributed by atoms with Gasteiger partial charge in [-0.3, -0.25) is 0 Å². The lowest BCUT2D eigenvalue weighted by Crippen LogP contribution is -2.44. The van der Waals surface area contributed by atoms with Gasteiger partial charge in [-0.25, -0.2) is 0 Å². The Bertz CT molecular complexity index is 306. The second-order valence-corrected chi connectivity index (χ2v) is 4.85. The lowest BCUT2D eigenvalue weighted by Gasteiger charge is -2.41. The van der Waals surface area contributed by atoms with Crippen LogP contribution in [0.2, 0.25) is 0 Å². The van der Waals surface area contributed by atoms with Gasteiger partial charge in [0.2, 0.25) is 0 Å². The minimum atomic E-state index is 0.663. The molecule has 0 amide bonds. The lowest BCUT2D eigenvalue weighted by atomic mass is 9.82. The number of benzene rings is 1. The van der Waals surface area contributed by atoms with E-state index in [0.29, 0.717) is 12.0 Å². The molecule has 1 aliphatic rings. The minimum Gasteiger partial charge on any atom is -0.300 e. The van der Waals surface area contributed by atoms with Crippen LogP contribution < -0.4 is 0 Å². The van der Waals surface area contributed by atoms with Crippen molar-refractivity contribution in [2.75, 3.05) is 7.05 Å². The van der Waals surface area contributed by atoms with Crippen molar-refractivity contribution in [1.82, 2.24) is 4.90 Å². The van der Waals surface area contributed by atoms with Gasteiger partial charge in [0.25, 0.3) is 0 Å². The van der Waals surface area contributed by atoms with E-state index in [4.69, 9.17) is 0 Å². The predicted octanol–water partition coefficient (Wildman–Crippen LogP) is 3.27. The Morgan fingerprint density at radius 3 is 2.40 bits per heavy atom. The first kappa shape index (κ1) is 10.7. The zero-order chi connectivity index (χ0) is 10.8. The number of hydrogen-bond acceptors (Lipinski definition) is 1. The molecule has 1 saturated heterocycles. The van der Waals surface area contributed by atoms with Crippen LogP contribution in [-0.4, -0.2) is 24.0 Å². The van der Waals surface area contributed by atoms with Gasteiger partial charge in [-0.15, -0.1) is 0 Å². The molecular formula is C14H21N. The van der Waals surface area contributed by atoms with Crippen LogP contribution in [0, 0.1) is 0 Å². The summed E-state index contributed by atoms with van der Waals surface area (Å²) in [5.41, 5.74) is 1.50. The Labute approximate surface area is 93.1 Å². The van der Waals surface area contributed by atoms with Crippen LogP contribution in [0.3, 0.4) is 0 Å². The molecule has 0 aliphatic carbocycles. The molecular weight excluding hydrogens is 182 g/mol. The number of likely N-dealkylation sites (tertiary alicyclic amines) is 1. The third-order valence-electron chi connectivity index (χ3n) is 4.04. The Hall–Kier alpha value is -0.820. The summed E-state index contributed by atoms with van der Waals surface area (Å²) in [5.74, 6) is 0.715. The van der Waals surface area contributed by atoms with Crippen molar-refractivity contribution in [3.8, 4) is 0 Å². The fourth-order valence-electron chi connectivity index (χ4n) is 2.70. The minimum absolute atomic E-state index is 0.663. The van der Waals surface area contributed by atoms with Gasteiger partial charge in [0.1, 0.15) is 0 Å². The summed E-state index contributed by atoms with van der Waals surface area (Å²) in [6.07, 6.45) is 2.65. The average Bonchev–Trinajstić information content (AvgIpc) is 2.27. The maximum Gasteiger partial charge on any atom is 0.0135 e. The molecule has 3 atom stereocenters. The van der Waals surface area contributed by atoms with Gasteiger partial charge in [-0.1, -0.05) is 30.3 Å². The normalized spacial score (nSPS) is 32.9. The fourth-order valence-corrected chi connectivity index (χ4v) is 2.70. The van der Waals surface area contributed by atoms with E-state index in [1.165, 1.54) is 18.4 Å². The molecule has 0 radical (unpaired) electrons. The first-order chi connectivity index (χ1) is 7.20. The van der Waals surface area contributed by atoms with Crippen molar-refractivity contribution in [1.29, 1.82) is 0 Å². The van der Waals surface area contributed by atoms with Crippen molar-refractivity contribution < 1.29 is 0 Å². The Balaban J connectivity index is 2.17. The third-order valence-corrected chi connectivity index (χ3v) is 4.04. The Morgan fingerprint density at radius 2 is 1.73 bits per heavy atom. The van der Waals surface area contributed by atoms with Crippen molar-refractivity contribution in [3.05, 3.63) is 35.9 Å². The van der Waals surface area contributed by atoms with Crippen LogP contribution in [-0.2, 0) is 0 Å². The molecule has 1 nitrogen and oxygen atoms in total. The van der Waals surface area contributed by atoms with E-state index in [1.807, 2.05) is 0 Å². The van der Waals surface area contributed by atoms with Crippen molar-refractivity contribution >= 4 is 0 Å². The molecule has 1 heteroatoms. The largest absolute Gasteiger partial charge is 0.300 e. The van der Waals surface area contributed by atoms with E-state index >= 15 is 0 Å². The van der Waals surface area contributed by atoms with Crippen LogP contribution in [0.25, 0.3) is 0 Å². The molecule has 0 saturated carbocycles. The Kier molecular flexibility index (Phi) is 3.11. The van der Waals surface area contributed by atoms with E-state index in [1.54, 1.807) is 0 Å². The smallest absolute Gasteiger partial charge is 0.0135 e. The molecule has 1 fully saturated rings. The molecule has 0 bridgehead atoms. The zero-order valence-corrected chi connectivity index (χ0v) is 9.98. The number of piperidine rings is 1. The highest BCUT2D eigenvalue weighted by Gasteiger charge is 2.30. The van der Waals surface area contributed by atoms with Crippen molar-refractivity contribution in [3.63, 3.8) is 0 Å². The molecule has 1 aromatic carbocycles. The van der Waals surface area contributed by atoms with Crippen LogP contribution in [0.4, 0.5) is 0 Å². The summed E-state index contributed by atoms with van der Waals surface area (Å²) in [6, 6.07) is 12.3. The van der Waals surface area contributed by atoms with Gasteiger partial charge < -0.3 is 4.90 Å². The highest BCUT2D eigenvalue weighted by atomic mass is 15.2. The highest BCUT2D eigenvalue weighted by Crippen LogP contribution is 2.34. The monoisotopic (exact) mass is 203 g/mol. The summed E-state index contributed by atoms with van der Waals surface area (Å²) >= 11 is 0. The second-order valence-electron chi connectivity index (χ2n) is 4.85. The molecule has 82 valence electrons. The van der Waals surface area contributed by atoms with Crippen molar-refractivity contribution in [2.45, 2.75) is 44.7 Å². The Morgan fingerprint density at radius 1 is 1.07 bits per heavy atom. The maximum absolute atomic E-state index is 2.52. The number of rotatable bonds is 1. The predicted molar refractivity (Wildman–Crippen MR) is 65.1 cm³/mol. The summed E-state index contributed by atoms with van der Waals surface area (Å²) < 4.78 is 0. The SMILES string of the molecule is CC1C(c2ccccc2)CC[C@@H](C)N1C. The maximum atomic E-state index is 2.52. The topological polar surface area (TPSA) is 3.24 Å². The molecule has 1 heterocycles. The van der Waals surface area contributed by atoms with Gasteiger partial charge in [0.15, 0.2) is 0 Å². The third kappa shape index (κ3) is 2.07. The molecule has 1 aliphatic heterocycles. The van der Waals surface area contributed by atoms with E-state index in [-0.39, 0.29) is 0 Å². The fraction of sp³-hybridized carbons (Fsp3) is 0.571. The number of hydrogen-bond donors (Lipinski definition) is 0. The second kappa shape index (κ2) is 4.36. The number of likely N-dealkylation sites (N-methyl/N-ethyl adjacent to an activating group) is 1. The zero-order valence-electron chi connectivity index (χ0n) is 9.98. The summed E-state index contributed by atoms with van der Waals surface area (Å²) in [4.78, 5) is 2.52. The molecule has 0 N–H and O–H groups in total. The van der Waals surface area contributed by atoms with E-state index in [0.717, 1.165) is 6.04 Å². The van der Waals surface area contributed by atoms with Gasteiger partial charge in [-0.2, -0.15) is 0 Å². The van der Waals surface area contributed by atoms with Crippen LogP contribution in [0.1, 0.15) is 38.2 Å². The van der Waals surface area contributed by atoms with E-state index in [9.17, 15) is 0 Å². The molecule has 2 unspecified atom stereocenters. The van der Waals surface area contributed by atoms with Crippen LogP contribution in [0.15, 0.2) is 30.3 Å². The molecule has 2 rings (SSSR count). The standard InChI is InChI=1S/C14H21N/c1-11-9-10-14(12(2)15(11)3)13-7-5-4-6-8-13/h4-8,11-12,14H,9-10H2,1-3H3/t11-,12?,14?/m1/s1. The van der Waals surface area contributed by atoms with E-state index < -0.39 is 0 Å². The average molecular weight is 203 g/mol. The summed E-state index contributed by atoms with van der Waals surface area (Å²) in [6.45, 7) is 4.69. The lowest BCUT2D eigenvalue weighted by molar-refractivity contribution is 0.117. The van der Waals surface area contributed by atoms with Gasteiger partial charge in [0, 0.05) is 12.1 Å². The number of nitrogens with zero attached hydrogens (tertiary/aromatic N) is 1. The van der Waals surface area contributed by atoms with Gasteiger partial charge >= 0.3 is 0 Å². The molecule has 0 spiro atoms. The van der Waals surface area contributed by atoms with Gasteiger partial charge in [-0.05, 0) is 45.2 Å². The van der Waals surface area contributed by atoms with Gasteiger partial charge in [0.05, 0.1) is 0 Å². The molecule has 1 aromatic rings. The summed E-state index contributed by atoms with van der Waals surface area (Å²) in [5, 5.41) is 0. The first-order valence-electron chi connectivity index (χ1n) is 5.97. The van der Waals surface area contributed by atoms with E-state index in [2.05, 4.69) is 56.1 Å². The summed E-state index contributed by atoms with van der Waals surface area (Å²) in [7, 11) is 2.25. The van der Waals surface area contributed by atoms with Crippen LogP contribution >= 0.6 is 0 Å². The quantitative estimate of drug-likeness (QED) is 0.677.